The average molecular weight is 329 g/mol. The minimum Gasteiger partial charge on any atom is -0.331 e. The summed E-state index contributed by atoms with van der Waals surface area (Å²) >= 11 is 5.25. The van der Waals surface area contributed by atoms with Crippen LogP contribution in [0.5, 0.6) is 0 Å². The van der Waals surface area contributed by atoms with Crippen LogP contribution in [0.25, 0.3) is 0 Å². The third-order valence-electron chi connectivity index (χ3n) is 5.95. The summed E-state index contributed by atoms with van der Waals surface area (Å²) in [6, 6.07) is 9.71. The highest BCUT2D eigenvalue weighted by Gasteiger charge is 2.63. The van der Waals surface area contributed by atoms with Gasteiger partial charge in [-0.1, -0.05) is 31.0 Å². The van der Waals surface area contributed by atoms with Crippen molar-refractivity contribution in [2.24, 2.45) is 16.7 Å². The van der Waals surface area contributed by atoms with E-state index in [2.05, 4.69) is 16.2 Å². The summed E-state index contributed by atoms with van der Waals surface area (Å²) < 4.78 is 0. The summed E-state index contributed by atoms with van der Waals surface area (Å²) in [7, 11) is 0. The minimum atomic E-state index is -0.140. The number of thiocarbonyl (C=S) groups is 1. The highest BCUT2D eigenvalue weighted by atomic mass is 32.1. The molecule has 1 amide bonds. The Hall–Kier alpha value is -1.62. The van der Waals surface area contributed by atoms with Gasteiger partial charge in [0, 0.05) is 5.69 Å². The molecule has 1 spiro atoms. The molecule has 1 aromatic carbocycles. The number of hydrazine groups is 1. The van der Waals surface area contributed by atoms with Gasteiger partial charge in [0.15, 0.2) is 5.11 Å². The summed E-state index contributed by atoms with van der Waals surface area (Å²) in [5, 5.41) is 3.49. The molecule has 5 heteroatoms. The van der Waals surface area contributed by atoms with Crippen molar-refractivity contribution in [1.29, 1.82) is 0 Å². The maximum atomic E-state index is 12.7. The lowest BCUT2D eigenvalue weighted by molar-refractivity contribution is -0.174. The van der Waals surface area contributed by atoms with E-state index in [9.17, 15) is 4.79 Å². The molecule has 1 unspecified atom stereocenters. The Balaban J connectivity index is 1.32. The lowest BCUT2D eigenvalue weighted by atomic mass is 9.40. The van der Waals surface area contributed by atoms with Crippen LogP contribution in [0.15, 0.2) is 30.3 Å². The Morgan fingerprint density at radius 1 is 1.13 bits per heavy atom. The van der Waals surface area contributed by atoms with Gasteiger partial charge in [-0.2, -0.15) is 0 Å². The van der Waals surface area contributed by atoms with Crippen LogP contribution in [0, 0.1) is 16.7 Å². The molecule has 4 saturated carbocycles. The first kappa shape index (κ1) is 14.9. The first-order valence-electron chi connectivity index (χ1n) is 8.52. The number of carbonyl (C=O) groups excluding carboxylic acids is 1. The van der Waals surface area contributed by atoms with E-state index in [0.29, 0.717) is 10.5 Å². The molecule has 122 valence electrons. The molecule has 3 N–H and O–H groups in total. The fourth-order valence-electron chi connectivity index (χ4n) is 5.34. The maximum Gasteiger partial charge on any atom is 0.244 e. The summed E-state index contributed by atoms with van der Waals surface area (Å²) in [6.07, 6.45) is 8.53. The highest BCUT2D eigenvalue weighted by molar-refractivity contribution is 7.80. The van der Waals surface area contributed by atoms with Crippen LogP contribution in [-0.4, -0.2) is 11.0 Å². The van der Waals surface area contributed by atoms with Crippen LogP contribution in [0.4, 0.5) is 5.69 Å². The van der Waals surface area contributed by atoms with Crippen molar-refractivity contribution in [1.82, 2.24) is 10.9 Å². The number of nitrogens with one attached hydrogen (secondary N) is 3. The summed E-state index contributed by atoms with van der Waals surface area (Å²) in [4.78, 5) is 12.7. The van der Waals surface area contributed by atoms with Crippen LogP contribution in [-0.2, 0) is 4.79 Å². The number of hydrogen-bond acceptors (Lipinski definition) is 2. The van der Waals surface area contributed by atoms with Crippen LogP contribution < -0.4 is 16.2 Å². The number of hydrogen-bond donors (Lipinski definition) is 3. The van der Waals surface area contributed by atoms with E-state index in [1.807, 2.05) is 30.3 Å². The standard InChI is InChI=1S/C18H23N3OS/c22-15(20-21-16(23)19-14-6-2-1-3-7-14)18-10-13-5-4-8-17(9-13,11-18)12-18/h1-3,6-7,13H,4-5,8-12H2,(H,20,22)(H2,19,21,23). The molecule has 0 saturated heterocycles. The predicted octanol–water partition coefficient (Wildman–Crippen LogP) is 3.36. The normalized spacial score (nSPS) is 34.0. The molecule has 4 nitrogen and oxygen atoms in total. The van der Waals surface area contributed by atoms with E-state index in [1.165, 1.54) is 25.7 Å². The largest absolute Gasteiger partial charge is 0.331 e. The second-order valence-corrected chi connectivity index (χ2v) is 8.11. The van der Waals surface area contributed by atoms with Crippen molar-refractivity contribution in [3.63, 3.8) is 0 Å². The Morgan fingerprint density at radius 2 is 1.91 bits per heavy atom. The van der Waals surface area contributed by atoms with Crippen molar-refractivity contribution in [3.8, 4) is 0 Å². The van der Waals surface area contributed by atoms with Gasteiger partial charge in [-0.15, -0.1) is 0 Å². The van der Waals surface area contributed by atoms with E-state index in [4.69, 9.17) is 12.2 Å². The average Bonchev–Trinajstić information content (AvgIpc) is 2.52. The fraction of sp³-hybridized carbons (Fsp3) is 0.556. The third-order valence-corrected chi connectivity index (χ3v) is 6.15. The van der Waals surface area contributed by atoms with E-state index in [-0.39, 0.29) is 11.3 Å². The zero-order valence-electron chi connectivity index (χ0n) is 13.2. The number of anilines is 1. The highest BCUT2D eigenvalue weighted by Crippen LogP contribution is 2.69. The van der Waals surface area contributed by atoms with Gasteiger partial charge in [0.25, 0.3) is 0 Å². The molecule has 23 heavy (non-hydrogen) atoms. The molecule has 4 aliphatic rings. The summed E-state index contributed by atoms with van der Waals surface area (Å²) in [5.41, 5.74) is 6.96. The van der Waals surface area contributed by atoms with E-state index < -0.39 is 0 Å². The number of para-hydroxylation sites is 1. The molecule has 0 aliphatic heterocycles. The topological polar surface area (TPSA) is 53.2 Å². The SMILES string of the molecule is O=C(NNC(=S)Nc1ccccc1)C12CC3CCCC(C3)(C1)C2. The van der Waals surface area contributed by atoms with Crippen molar-refractivity contribution in [2.75, 3.05) is 5.32 Å². The zero-order chi connectivity index (χ0) is 15.9. The molecule has 4 aliphatic carbocycles. The molecule has 0 aromatic heterocycles. The molecule has 1 atom stereocenters. The smallest absolute Gasteiger partial charge is 0.244 e. The Labute approximate surface area is 142 Å². The van der Waals surface area contributed by atoms with Gasteiger partial charge in [0.05, 0.1) is 5.41 Å². The molecular weight excluding hydrogens is 306 g/mol. The molecule has 5 rings (SSSR count). The summed E-state index contributed by atoms with van der Waals surface area (Å²) in [6.45, 7) is 0. The van der Waals surface area contributed by atoms with Gasteiger partial charge in [0.1, 0.15) is 0 Å². The molecule has 1 aromatic rings. The summed E-state index contributed by atoms with van der Waals surface area (Å²) in [5.74, 6) is 0.878. The zero-order valence-corrected chi connectivity index (χ0v) is 14.0. The second kappa shape index (κ2) is 5.48. The molecule has 3 bridgehead atoms. The third kappa shape index (κ3) is 2.71. The number of amides is 1. The van der Waals surface area contributed by atoms with Crippen LogP contribution >= 0.6 is 12.2 Å². The van der Waals surface area contributed by atoms with Gasteiger partial charge < -0.3 is 5.32 Å². The van der Waals surface area contributed by atoms with Gasteiger partial charge in [0.2, 0.25) is 5.91 Å². The van der Waals surface area contributed by atoms with Gasteiger partial charge >= 0.3 is 0 Å². The monoisotopic (exact) mass is 329 g/mol. The van der Waals surface area contributed by atoms with Crippen molar-refractivity contribution in [2.45, 2.75) is 44.9 Å². The molecular formula is C18H23N3OS. The predicted molar refractivity (Wildman–Crippen MR) is 94.6 cm³/mol. The fourth-order valence-corrected chi connectivity index (χ4v) is 5.51. The van der Waals surface area contributed by atoms with Crippen LogP contribution in [0.1, 0.15) is 44.9 Å². The number of rotatable bonds is 2. The lowest BCUT2D eigenvalue weighted by Gasteiger charge is -2.64. The quantitative estimate of drug-likeness (QED) is 0.575. The Morgan fingerprint density at radius 3 is 2.65 bits per heavy atom. The molecule has 0 radical (unpaired) electrons. The lowest BCUT2D eigenvalue weighted by Crippen LogP contribution is -2.63. The van der Waals surface area contributed by atoms with Crippen molar-refractivity contribution >= 4 is 28.9 Å². The van der Waals surface area contributed by atoms with Gasteiger partial charge in [-0.3, -0.25) is 15.6 Å². The first-order valence-corrected chi connectivity index (χ1v) is 8.93. The van der Waals surface area contributed by atoms with E-state index in [0.717, 1.165) is 30.9 Å². The maximum absolute atomic E-state index is 12.7. The van der Waals surface area contributed by atoms with Crippen molar-refractivity contribution < 1.29 is 4.79 Å². The van der Waals surface area contributed by atoms with Gasteiger partial charge in [-0.05, 0) is 67.8 Å². The van der Waals surface area contributed by atoms with Crippen LogP contribution in [0.2, 0.25) is 0 Å². The van der Waals surface area contributed by atoms with Crippen molar-refractivity contribution in [3.05, 3.63) is 30.3 Å². The minimum absolute atomic E-state index is 0.122. The second-order valence-electron chi connectivity index (χ2n) is 7.70. The van der Waals surface area contributed by atoms with E-state index in [1.54, 1.807) is 0 Å². The Bertz CT molecular complexity index is 619. The van der Waals surface area contributed by atoms with Gasteiger partial charge in [-0.25, -0.2) is 0 Å². The Kier molecular flexibility index (Phi) is 3.56. The molecule has 4 fully saturated rings. The molecule has 0 heterocycles. The number of benzene rings is 1. The first-order chi connectivity index (χ1) is 11.1. The van der Waals surface area contributed by atoms with E-state index >= 15 is 0 Å². The number of carbonyl (C=O) groups is 1. The van der Waals surface area contributed by atoms with Crippen LogP contribution in [0.3, 0.4) is 0 Å².